The van der Waals surface area contributed by atoms with Gasteiger partial charge >= 0.3 is 88.7 Å². The smallest absolute Gasteiger partial charge is 0.822 e. The van der Waals surface area contributed by atoms with Crippen LogP contribution >= 0.6 is 7.82 Å². The number of carbonyl (C=O) groups is 6. The molecule has 12 aliphatic rings. The molecular formula is C63H90Na3O19P. The SMILES string of the molecule is C[C@]12CCC(=O)C=C1CCC1C2[C@@H](O)C[C@@]2(C)C1CC[C@]2(O)C(=O)CO.C[C@]12CCC(=O)C=C1CCC1C2[C@@H](O)C[C@@]2(C)C1CC[C@]2(O)C(=O)CO.C[C@]12CCC(=O)C=C1CC[C@@H]1C3CC[C@](O)(C(=O)CO)[C@@]3(C)C[C@H](O)[C@H]12.O=P([O-])([O-])[O-].[Na+].[Na+].[Na+]. The number of phosphoric acid groups is 1. The van der Waals surface area contributed by atoms with Crippen LogP contribution < -0.4 is 103 Å². The van der Waals surface area contributed by atoms with Gasteiger partial charge in [-0.05, 0) is 203 Å². The van der Waals surface area contributed by atoms with Crippen molar-refractivity contribution in [1.82, 2.24) is 0 Å². The summed E-state index contributed by atoms with van der Waals surface area (Å²) in [4.78, 5) is 98.4. The predicted octanol–water partition coefficient (Wildman–Crippen LogP) is -6.47. The molecule has 7 unspecified atom stereocenters. The number of aliphatic hydroxyl groups is 9. The molecule has 9 fully saturated rings. The van der Waals surface area contributed by atoms with Gasteiger partial charge in [-0.15, -0.1) is 0 Å². The van der Waals surface area contributed by atoms with Crippen molar-refractivity contribution in [2.24, 2.45) is 85.8 Å². The van der Waals surface area contributed by atoms with Gasteiger partial charge in [-0.1, -0.05) is 58.3 Å². The Morgan fingerprint density at radius 1 is 0.442 bits per heavy atom. The molecule has 9 saturated carbocycles. The Bertz CT molecular complexity index is 2520. The first kappa shape index (κ1) is 75.0. The molecule has 0 aromatic heterocycles. The number of hydrogen-bond donors (Lipinski definition) is 9. The van der Waals surface area contributed by atoms with E-state index < -0.39 is 96.4 Å². The minimum absolute atomic E-state index is 0. The summed E-state index contributed by atoms with van der Waals surface area (Å²) in [5.41, 5.74) is -3.70. The molecule has 0 amide bonds. The number of rotatable bonds is 6. The van der Waals surface area contributed by atoms with Crippen LogP contribution in [0, 0.1) is 85.8 Å². The van der Waals surface area contributed by atoms with E-state index in [0.717, 1.165) is 77.0 Å². The Hall–Kier alpha value is -0.0100. The second-order valence-electron chi connectivity index (χ2n) is 29.1. The van der Waals surface area contributed by atoms with Crippen molar-refractivity contribution >= 4 is 42.5 Å². The monoisotopic (exact) mass is 1250 g/mol. The van der Waals surface area contributed by atoms with Crippen LogP contribution in [0.4, 0.5) is 0 Å². The fourth-order valence-corrected chi connectivity index (χ4v) is 21.8. The van der Waals surface area contributed by atoms with E-state index in [1.54, 1.807) is 18.2 Å². The van der Waals surface area contributed by atoms with Gasteiger partial charge in [-0.25, -0.2) is 0 Å². The third kappa shape index (κ3) is 12.1. The summed E-state index contributed by atoms with van der Waals surface area (Å²) in [7, 11) is -5.39. The molecule has 9 N–H and O–H groups in total. The van der Waals surface area contributed by atoms with Crippen LogP contribution in [0.1, 0.15) is 176 Å². The molecule has 23 heteroatoms. The Morgan fingerprint density at radius 2 is 0.663 bits per heavy atom. The Labute approximate surface area is 572 Å². The van der Waals surface area contributed by atoms with Crippen LogP contribution in [0.25, 0.3) is 0 Å². The van der Waals surface area contributed by atoms with Gasteiger partial charge in [0.2, 0.25) is 0 Å². The fraction of sp³-hybridized carbons (Fsp3) is 0.810. The van der Waals surface area contributed by atoms with Crippen LogP contribution in [0.5, 0.6) is 0 Å². The third-order valence-electron chi connectivity index (χ3n) is 26.0. The molecule has 86 heavy (non-hydrogen) atoms. The minimum atomic E-state index is -5.39. The molecule has 0 aromatic carbocycles. The summed E-state index contributed by atoms with van der Waals surface area (Å²) in [6.07, 6.45) is 17.2. The number of carbonyl (C=O) groups excluding carboxylic acids is 6. The van der Waals surface area contributed by atoms with Crippen molar-refractivity contribution < 1.29 is 183 Å². The van der Waals surface area contributed by atoms with E-state index in [4.69, 9.17) is 19.2 Å². The van der Waals surface area contributed by atoms with E-state index in [1.165, 1.54) is 16.7 Å². The van der Waals surface area contributed by atoms with E-state index in [9.17, 15) is 74.7 Å². The molecule has 0 bridgehead atoms. The molecule has 0 aliphatic heterocycles. The first-order chi connectivity index (χ1) is 38.5. The number of Topliss-reactive ketones (excluding diaryl/α,β-unsaturated/α-hetero) is 3. The Morgan fingerprint density at radius 3 is 0.872 bits per heavy atom. The van der Waals surface area contributed by atoms with Crippen molar-refractivity contribution in [1.29, 1.82) is 0 Å². The van der Waals surface area contributed by atoms with Gasteiger partial charge in [0.15, 0.2) is 34.7 Å². The first-order valence-electron chi connectivity index (χ1n) is 30.6. The van der Waals surface area contributed by atoms with Gasteiger partial charge in [-0.3, -0.25) is 28.8 Å². The number of allylic oxidation sites excluding steroid dienone is 3. The molecule has 12 aliphatic carbocycles. The van der Waals surface area contributed by atoms with Crippen molar-refractivity contribution in [3.05, 3.63) is 34.9 Å². The summed E-state index contributed by atoms with van der Waals surface area (Å²) >= 11 is 0. The molecule has 12 rings (SSSR count). The summed E-state index contributed by atoms with van der Waals surface area (Å²) in [5.74, 6) is 0.420. The van der Waals surface area contributed by atoms with Crippen LogP contribution in [0.2, 0.25) is 0 Å². The average Bonchev–Trinajstić information content (AvgIpc) is 1.39. The van der Waals surface area contributed by atoms with E-state index >= 15 is 0 Å². The quantitative estimate of drug-likeness (QED) is 0.0882. The largest absolute Gasteiger partial charge is 1.00 e. The maximum absolute atomic E-state index is 12.4. The van der Waals surface area contributed by atoms with Gasteiger partial charge in [-0.2, -0.15) is 7.82 Å². The average molecular weight is 1250 g/mol. The van der Waals surface area contributed by atoms with E-state index in [2.05, 4.69) is 20.8 Å². The molecule has 0 aromatic rings. The number of aliphatic hydroxyl groups excluding tert-OH is 6. The zero-order chi connectivity index (χ0) is 61.2. The van der Waals surface area contributed by atoms with Crippen LogP contribution in [0.3, 0.4) is 0 Å². The molecule has 19 nitrogen and oxygen atoms in total. The predicted molar refractivity (Wildman–Crippen MR) is 293 cm³/mol. The zero-order valence-electron chi connectivity index (χ0n) is 52.2. The summed E-state index contributed by atoms with van der Waals surface area (Å²) in [6, 6.07) is 0. The fourth-order valence-electron chi connectivity index (χ4n) is 21.8. The second-order valence-corrected chi connectivity index (χ2v) is 30.0. The van der Waals surface area contributed by atoms with E-state index in [-0.39, 0.29) is 176 Å². The number of fused-ring (bicyclic) bond motifs is 15. The van der Waals surface area contributed by atoms with Crippen molar-refractivity contribution in [2.45, 2.75) is 211 Å². The van der Waals surface area contributed by atoms with Crippen LogP contribution in [0.15, 0.2) is 34.9 Å². The molecular weight excluding hydrogens is 1160 g/mol. The zero-order valence-corrected chi connectivity index (χ0v) is 59.1. The first-order valence-corrected chi connectivity index (χ1v) is 32.1. The maximum Gasteiger partial charge on any atom is 1.00 e. The van der Waals surface area contributed by atoms with Gasteiger partial charge in [0, 0.05) is 35.5 Å². The standard InChI is InChI=1S/3C21H30O5.3Na.H3O4P/c3*1-19-7-5-13(23)9-12(19)3-4-14-15-6-8-21(26,17(25)11-22)20(15,2)10-16(24)18(14)19;;;;1-5(2,3)4/h3*9,14-16,18,22,24,26H,3-8,10-11H2,1-2H3;;;;(H3,1,2,3,4)/q;;;3*+1;/p-3/t2*14?,15?,16-,18?,19-,20-,21-;14-,15?,16+,18+,19+,20+,21+;;;;/m001..../s1. The Kier molecular flexibility index (Phi) is 23.2. The van der Waals surface area contributed by atoms with E-state index in [1.807, 2.05) is 20.8 Å². The molecule has 0 heterocycles. The topological polar surface area (TPSA) is 371 Å². The summed E-state index contributed by atoms with van der Waals surface area (Å²) in [6.45, 7) is 10.4. The maximum atomic E-state index is 12.4. The van der Waals surface area contributed by atoms with Gasteiger partial charge in [0.1, 0.15) is 36.6 Å². The molecule has 21 atom stereocenters. The van der Waals surface area contributed by atoms with Gasteiger partial charge < -0.3 is 65.2 Å². The van der Waals surface area contributed by atoms with Gasteiger partial charge in [0.25, 0.3) is 0 Å². The Balaban J connectivity index is 0.000000195. The number of hydrogen-bond acceptors (Lipinski definition) is 19. The minimum Gasteiger partial charge on any atom is -0.822 e. The van der Waals surface area contributed by atoms with Crippen LogP contribution in [-0.4, -0.2) is 136 Å². The summed E-state index contributed by atoms with van der Waals surface area (Å²) < 4.78 is 8.55. The van der Waals surface area contributed by atoms with Crippen molar-refractivity contribution in [3.63, 3.8) is 0 Å². The molecule has 464 valence electrons. The summed E-state index contributed by atoms with van der Waals surface area (Å²) in [5, 5.41) is 95.2. The molecule has 0 radical (unpaired) electrons. The van der Waals surface area contributed by atoms with Crippen LogP contribution in [-0.2, 0) is 33.3 Å². The number of ketones is 6. The molecule has 0 spiro atoms. The normalized spacial score (nSPS) is 46.5. The van der Waals surface area contributed by atoms with E-state index in [0.29, 0.717) is 57.8 Å². The molecule has 0 saturated heterocycles. The van der Waals surface area contributed by atoms with Gasteiger partial charge in [0.05, 0.1) is 18.3 Å². The second kappa shape index (κ2) is 26.7. The van der Waals surface area contributed by atoms with Crippen molar-refractivity contribution in [3.8, 4) is 0 Å². The van der Waals surface area contributed by atoms with Crippen molar-refractivity contribution in [2.75, 3.05) is 19.8 Å². The third-order valence-corrected chi connectivity index (χ3v) is 26.0.